The number of carbonyl (C=O) groups is 2. The van der Waals surface area contributed by atoms with Gasteiger partial charge in [-0.05, 0) is 68.0 Å². The molecule has 7 nitrogen and oxygen atoms in total. The molecule has 2 saturated carbocycles. The number of urea groups is 1. The standard InChI is InChI=1S/C26H24F4N4O3/c27-21-12-18(9-10-19(21)24(35)32-37-14-15-5-6-15)34-23-4-2-1-3-22(23)33(25(34)36)17-8-7-16(13-31)20(11-17)26(28,29)30/h7-12,15,22-23H,1-6,14H2,(H,32,35)/t22-,23-/m0/s1. The molecule has 3 amide bonds. The minimum Gasteiger partial charge on any atom is -0.289 e. The number of halogens is 4. The second-order valence-electron chi connectivity index (χ2n) is 9.63. The summed E-state index contributed by atoms with van der Waals surface area (Å²) in [5, 5.41) is 9.12. The van der Waals surface area contributed by atoms with Gasteiger partial charge in [0.05, 0.1) is 41.5 Å². The van der Waals surface area contributed by atoms with Crippen LogP contribution in [-0.4, -0.2) is 30.6 Å². The third-order valence-electron chi connectivity index (χ3n) is 7.13. The summed E-state index contributed by atoms with van der Waals surface area (Å²) in [5.74, 6) is -1.18. The van der Waals surface area contributed by atoms with Crippen LogP contribution in [0.25, 0.3) is 0 Å². The maximum absolute atomic E-state index is 15.0. The number of hydroxylamine groups is 1. The molecule has 0 unspecified atom stereocenters. The Morgan fingerprint density at radius 1 is 1.03 bits per heavy atom. The molecule has 2 atom stereocenters. The van der Waals surface area contributed by atoms with Crippen LogP contribution in [0.5, 0.6) is 0 Å². The summed E-state index contributed by atoms with van der Waals surface area (Å²) in [5.41, 5.74) is 0.575. The molecule has 2 aromatic carbocycles. The summed E-state index contributed by atoms with van der Waals surface area (Å²) in [7, 11) is 0. The number of anilines is 2. The molecule has 11 heteroatoms. The van der Waals surface area contributed by atoms with Crippen LogP contribution in [0.1, 0.15) is 60.0 Å². The molecule has 0 bridgehead atoms. The van der Waals surface area contributed by atoms with Crippen molar-refractivity contribution in [2.24, 2.45) is 5.92 Å². The number of alkyl halides is 3. The fourth-order valence-electron chi connectivity index (χ4n) is 5.11. The average Bonchev–Trinajstić information content (AvgIpc) is 3.64. The van der Waals surface area contributed by atoms with Crippen molar-refractivity contribution in [3.63, 3.8) is 0 Å². The van der Waals surface area contributed by atoms with Crippen molar-refractivity contribution in [2.75, 3.05) is 16.4 Å². The number of amides is 3. The molecule has 0 spiro atoms. The van der Waals surface area contributed by atoms with Crippen LogP contribution in [0, 0.1) is 23.1 Å². The number of hydrogen-bond acceptors (Lipinski definition) is 4. The molecule has 0 aromatic heterocycles. The second kappa shape index (κ2) is 9.67. The van der Waals surface area contributed by atoms with Gasteiger partial charge in [-0.15, -0.1) is 0 Å². The van der Waals surface area contributed by atoms with Crippen LogP contribution >= 0.6 is 0 Å². The van der Waals surface area contributed by atoms with Gasteiger partial charge in [-0.1, -0.05) is 12.8 Å². The first-order valence-electron chi connectivity index (χ1n) is 12.1. The van der Waals surface area contributed by atoms with E-state index < -0.39 is 41.1 Å². The Bertz CT molecular complexity index is 1270. The van der Waals surface area contributed by atoms with E-state index >= 15 is 0 Å². The van der Waals surface area contributed by atoms with Crippen molar-refractivity contribution in [3.05, 3.63) is 58.9 Å². The monoisotopic (exact) mass is 516 g/mol. The van der Waals surface area contributed by atoms with E-state index in [-0.39, 0.29) is 23.0 Å². The van der Waals surface area contributed by atoms with Gasteiger partial charge in [-0.2, -0.15) is 18.4 Å². The molecule has 1 N–H and O–H groups in total. The fourth-order valence-corrected chi connectivity index (χ4v) is 5.11. The average molecular weight is 516 g/mol. The maximum Gasteiger partial charge on any atom is 0.417 e. The zero-order chi connectivity index (χ0) is 26.3. The lowest BCUT2D eigenvalue weighted by atomic mass is 9.89. The predicted molar refractivity (Wildman–Crippen MR) is 125 cm³/mol. The molecule has 1 heterocycles. The van der Waals surface area contributed by atoms with E-state index in [0.717, 1.165) is 43.9 Å². The number of nitriles is 1. The highest BCUT2D eigenvalue weighted by Crippen LogP contribution is 2.42. The van der Waals surface area contributed by atoms with Gasteiger partial charge >= 0.3 is 12.2 Å². The Hall–Kier alpha value is -3.65. The lowest BCUT2D eigenvalue weighted by Gasteiger charge is -2.32. The minimum atomic E-state index is -4.77. The number of fused-ring (bicyclic) bond motifs is 1. The number of nitrogens with one attached hydrogen (secondary N) is 1. The van der Waals surface area contributed by atoms with E-state index in [1.807, 2.05) is 0 Å². The Labute approximate surface area is 210 Å². The first-order chi connectivity index (χ1) is 17.7. The van der Waals surface area contributed by atoms with E-state index in [1.54, 1.807) is 6.07 Å². The molecule has 3 aliphatic rings. The van der Waals surface area contributed by atoms with Gasteiger partial charge in [0.2, 0.25) is 0 Å². The predicted octanol–water partition coefficient (Wildman–Crippen LogP) is 5.55. The van der Waals surface area contributed by atoms with Gasteiger partial charge in [-0.3, -0.25) is 19.4 Å². The van der Waals surface area contributed by atoms with Crippen LogP contribution in [0.15, 0.2) is 36.4 Å². The number of nitrogens with zero attached hydrogens (tertiary/aromatic N) is 3. The molecule has 2 aliphatic carbocycles. The van der Waals surface area contributed by atoms with E-state index in [4.69, 9.17) is 10.1 Å². The van der Waals surface area contributed by atoms with Crippen LogP contribution in [0.2, 0.25) is 0 Å². The van der Waals surface area contributed by atoms with Gasteiger partial charge in [-0.25, -0.2) is 14.7 Å². The van der Waals surface area contributed by atoms with Gasteiger partial charge in [0.1, 0.15) is 5.82 Å². The molecule has 194 valence electrons. The van der Waals surface area contributed by atoms with Crippen molar-refractivity contribution < 1.29 is 32.0 Å². The van der Waals surface area contributed by atoms with E-state index in [9.17, 15) is 27.2 Å². The first-order valence-corrected chi connectivity index (χ1v) is 12.1. The molecule has 3 fully saturated rings. The van der Waals surface area contributed by atoms with E-state index in [2.05, 4.69) is 5.48 Å². The number of carbonyl (C=O) groups excluding carboxylic acids is 2. The number of hydrogen-bond donors (Lipinski definition) is 1. The molecule has 1 saturated heterocycles. The van der Waals surface area contributed by atoms with Crippen molar-refractivity contribution in [3.8, 4) is 6.07 Å². The normalized spacial score (nSPS) is 21.5. The summed E-state index contributed by atoms with van der Waals surface area (Å²) in [6.07, 6.45) is 0.0435. The molecular formula is C26H24F4N4O3. The molecule has 0 radical (unpaired) electrons. The van der Waals surface area contributed by atoms with Gasteiger partial charge in [0.25, 0.3) is 5.91 Å². The largest absolute Gasteiger partial charge is 0.417 e. The molecule has 2 aromatic rings. The van der Waals surface area contributed by atoms with Crippen molar-refractivity contribution in [2.45, 2.75) is 56.8 Å². The van der Waals surface area contributed by atoms with Gasteiger partial charge < -0.3 is 0 Å². The van der Waals surface area contributed by atoms with Crippen molar-refractivity contribution in [1.82, 2.24) is 5.48 Å². The molecule has 1 aliphatic heterocycles. The zero-order valence-corrected chi connectivity index (χ0v) is 19.7. The lowest BCUT2D eigenvalue weighted by molar-refractivity contribution is -0.137. The second-order valence-corrected chi connectivity index (χ2v) is 9.63. The summed E-state index contributed by atoms with van der Waals surface area (Å²) < 4.78 is 55.7. The SMILES string of the molecule is N#Cc1ccc(N2C(=O)N(c3ccc(C(=O)NOCC4CC4)c(F)c3)[C@H]3CCCC[C@@H]32)cc1C(F)(F)F. The van der Waals surface area contributed by atoms with Gasteiger partial charge in [0, 0.05) is 11.4 Å². The summed E-state index contributed by atoms with van der Waals surface area (Å²) in [4.78, 5) is 33.8. The Morgan fingerprint density at radius 3 is 2.22 bits per heavy atom. The highest BCUT2D eigenvalue weighted by molar-refractivity contribution is 6.08. The highest BCUT2D eigenvalue weighted by atomic mass is 19.4. The summed E-state index contributed by atoms with van der Waals surface area (Å²) in [6, 6.07) is 7.17. The molecule has 5 rings (SSSR count). The third-order valence-corrected chi connectivity index (χ3v) is 7.13. The zero-order valence-electron chi connectivity index (χ0n) is 19.7. The van der Waals surface area contributed by atoms with Crippen molar-refractivity contribution >= 4 is 23.3 Å². The van der Waals surface area contributed by atoms with Crippen LogP contribution < -0.4 is 15.3 Å². The van der Waals surface area contributed by atoms with Crippen molar-refractivity contribution in [1.29, 1.82) is 5.26 Å². The summed E-state index contributed by atoms with van der Waals surface area (Å²) in [6.45, 7) is 0.359. The molecule has 37 heavy (non-hydrogen) atoms. The Balaban J connectivity index is 1.44. The lowest BCUT2D eigenvalue weighted by Crippen LogP contribution is -2.40. The third kappa shape index (κ3) is 4.85. The van der Waals surface area contributed by atoms with E-state index in [0.29, 0.717) is 25.4 Å². The summed E-state index contributed by atoms with van der Waals surface area (Å²) >= 11 is 0. The number of benzene rings is 2. The number of rotatable bonds is 6. The Kier molecular flexibility index (Phi) is 6.54. The van der Waals surface area contributed by atoms with Crippen LogP contribution in [-0.2, 0) is 11.0 Å². The Morgan fingerprint density at radius 2 is 1.65 bits per heavy atom. The fraction of sp³-hybridized carbons (Fsp3) is 0.423. The first kappa shape index (κ1) is 25.0. The smallest absolute Gasteiger partial charge is 0.289 e. The van der Waals surface area contributed by atoms with E-state index in [1.165, 1.54) is 28.0 Å². The quantitative estimate of drug-likeness (QED) is 0.403. The topological polar surface area (TPSA) is 85.7 Å². The van der Waals surface area contributed by atoms with Crippen LogP contribution in [0.4, 0.5) is 33.7 Å². The highest BCUT2D eigenvalue weighted by Gasteiger charge is 2.48. The molecular weight excluding hydrogens is 492 g/mol. The van der Waals surface area contributed by atoms with Gasteiger partial charge in [0.15, 0.2) is 0 Å². The maximum atomic E-state index is 15.0. The minimum absolute atomic E-state index is 0.0278. The van der Waals surface area contributed by atoms with Crippen LogP contribution in [0.3, 0.4) is 0 Å².